The normalized spacial score (nSPS) is 30.1. The molecule has 0 unspecified atom stereocenters. The van der Waals surface area contributed by atoms with Gasteiger partial charge in [0.15, 0.2) is 0 Å². The van der Waals surface area contributed by atoms with Crippen LogP contribution in [0.15, 0.2) is 0 Å². The van der Waals surface area contributed by atoms with Crippen LogP contribution in [0.2, 0.25) is 11.1 Å². The molecule has 0 aliphatic carbocycles. The van der Waals surface area contributed by atoms with Gasteiger partial charge in [-0.05, 0) is 0 Å². The van der Waals surface area contributed by atoms with Gasteiger partial charge < -0.3 is 0 Å². The Labute approximate surface area is 117 Å². The van der Waals surface area contributed by atoms with E-state index in [-0.39, 0.29) is 0 Å². The second kappa shape index (κ2) is 9.05. The zero-order valence-electron chi connectivity index (χ0n) is 13.3. The molecule has 0 nitrogen and oxygen atoms in total. The van der Waals surface area contributed by atoms with E-state index in [1.165, 1.54) is 84.3 Å². The lowest BCUT2D eigenvalue weighted by Gasteiger charge is -2.31. The number of unbranched alkanes of at least 4 members (excludes halogenated alkanes) is 4. The lowest BCUT2D eigenvalue weighted by molar-refractivity contribution is 0.451. The molecule has 0 aromatic carbocycles. The Morgan fingerprint density at radius 2 is 1.72 bits per heavy atom. The van der Waals surface area contributed by atoms with E-state index in [4.69, 9.17) is 0 Å². The lowest BCUT2D eigenvalue weighted by Crippen LogP contribution is -2.20. The van der Waals surface area contributed by atoms with Crippen molar-refractivity contribution in [2.45, 2.75) is 109 Å². The summed E-state index contributed by atoms with van der Waals surface area (Å²) in [6, 6.07) is 0. The molecule has 18 heavy (non-hydrogen) atoms. The predicted octanol–water partition coefficient (Wildman–Crippen LogP) is 6.12. The van der Waals surface area contributed by atoms with Gasteiger partial charge in [0, 0.05) is 0 Å². The van der Waals surface area contributed by atoms with Crippen LogP contribution in [0.3, 0.4) is 0 Å². The molecule has 1 heteroatoms. The van der Waals surface area contributed by atoms with Crippen LogP contribution in [0.1, 0.15) is 97.8 Å². The van der Waals surface area contributed by atoms with Gasteiger partial charge >= 0.3 is 0 Å². The largest absolute Gasteiger partial charge is 0.130 e. The molecule has 1 heterocycles. The van der Waals surface area contributed by atoms with Crippen molar-refractivity contribution in [3.8, 4) is 0 Å². The molecule has 0 bridgehead atoms. The molecule has 0 N–H and O–H groups in total. The Kier molecular flexibility index (Phi) is 8.10. The highest BCUT2D eigenvalue weighted by atomic mass is 14.2. The molecule has 1 aliphatic rings. The maximum absolute atomic E-state index is 2.58. The SMILES string of the molecule is CCCCCCC[C@@]1(C)B[C@@H](C)CCCCCC1. The summed E-state index contributed by atoms with van der Waals surface area (Å²) < 4.78 is 0. The standard InChI is InChI=1S/C17H35B/c1-4-5-6-8-11-14-17(3)15-12-9-7-10-13-16(2)18-17/h16,18H,4-15H2,1-3H3/t16-,17+/m0/s1. The van der Waals surface area contributed by atoms with Crippen LogP contribution in [0.5, 0.6) is 0 Å². The molecule has 1 rings (SSSR count). The first kappa shape index (κ1) is 16.1. The molecule has 0 saturated carbocycles. The maximum Gasteiger partial charge on any atom is 0.130 e. The molecular formula is C17H35B. The van der Waals surface area contributed by atoms with Gasteiger partial charge in [0.1, 0.15) is 7.28 Å². The Bertz CT molecular complexity index is 202. The summed E-state index contributed by atoms with van der Waals surface area (Å²) in [5.74, 6) is 0.962. The summed E-state index contributed by atoms with van der Waals surface area (Å²) in [4.78, 5) is 0. The zero-order chi connectivity index (χ0) is 13.3. The van der Waals surface area contributed by atoms with Crippen LogP contribution in [-0.2, 0) is 0 Å². The van der Waals surface area contributed by atoms with Crippen molar-refractivity contribution in [2.24, 2.45) is 0 Å². The van der Waals surface area contributed by atoms with Crippen LogP contribution in [0.25, 0.3) is 0 Å². The third-order valence-electron chi connectivity index (χ3n) is 4.95. The third-order valence-corrected chi connectivity index (χ3v) is 4.95. The first-order chi connectivity index (χ1) is 8.66. The second-order valence-corrected chi connectivity index (χ2v) is 7.24. The molecule has 0 spiro atoms. The van der Waals surface area contributed by atoms with Gasteiger partial charge in [0.05, 0.1) is 0 Å². The minimum Gasteiger partial charge on any atom is -0.0693 e. The summed E-state index contributed by atoms with van der Waals surface area (Å²) >= 11 is 0. The lowest BCUT2D eigenvalue weighted by atomic mass is 9.43. The second-order valence-electron chi connectivity index (χ2n) is 7.24. The molecule has 0 amide bonds. The van der Waals surface area contributed by atoms with Crippen molar-refractivity contribution in [1.82, 2.24) is 0 Å². The number of hydrogen-bond acceptors (Lipinski definition) is 0. The van der Waals surface area contributed by atoms with Crippen LogP contribution in [0, 0.1) is 0 Å². The molecule has 0 aromatic heterocycles. The first-order valence-electron chi connectivity index (χ1n) is 8.66. The molecule has 1 fully saturated rings. The summed E-state index contributed by atoms with van der Waals surface area (Å²) in [6.45, 7) is 7.37. The van der Waals surface area contributed by atoms with Crippen LogP contribution in [-0.4, -0.2) is 7.28 Å². The van der Waals surface area contributed by atoms with E-state index in [1.807, 2.05) is 0 Å². The van der Waals surface area contributed by atoms with E-state index < -0.39 is 0 Å². The average Bonchev–Trinajstić information content (AvgIpc) is 2.40. The van der Waals surface area contributed by atoms with E-state index in [0.29, 0.717) is 5.31 Å². The van der Waals surface area contributed by atoms with Crippen molar-refractivity contribution < 1.29 is 0 Å². The van der Waals surface area contributed by atoms with Crippen molar-refractivity contribution in [2.75, 3.05) is 0 Å². The highest BCUT2D eigenvalue weighted by Gasteiger charge is 2.27. The monoisotopic (exact) mass is 250 g/mol. The van der Waals surface area contributed by atoms with Gasteiger partial charge in [-0.2, -0.15) is 0 Å². The van der Waals surface area contributed by atoms with Crippen LogP contribution < -0.4 is 0 Å². The van der Waals surface area contributed by atoms with Gasteiger partial charge in [0.2, 0.25) is 0 Å². The maximum atomic E-state index is 2.58. The molecule has 106 valence electrons. The Morgan fingerprint density at radius 3 is 2.50 bits per heavy atom. The van der Waals surface area contributed by atoms with Gasteiger partial charge in [-0.15, -0.1) is 0 Å². The fourth-order valence-corrected chi connectivity index (χ4v) is 3.83. The zero-order valence-corrected chi connectivity index (χ0v) is 13.3. The van der Waals surface area contributed by atoms with Gasteiger partial charge in [0.25, 0.3) is 0 Å². The van der Waals surface area contributed by atoms with Crippen molar-refractivity contribution in [3.63, 3.8) is 0 Å². The molecule has 0 radical (unpaired) electrons. The minimum absolute atomic E-state index is 0.663. The van der Waals surface area contributed by atoms with Gasteiger partial charge in [-0.1, -0.05) is 109 Å². The molecule has 2 atom stereocenters. The Hall–Kier alpha value is 0.0649. The van der Waals surface area contributed by atoms with Crippen molar-refractivity contribution in [3.05, 3.63) is 0 Å². The quantitative estimate of drug-likeness (QED) is 0.393. The van der Waals surface area contributed by atoms with E-state index in [1.54, 1.807) is 0 Å². The smallest absolute Gasteiger partial charge is 0.0693 e. The van der Waals surface area contributed by atoms with Crippen molar-refractivity contribution in [1.29, 1.82) is 0 Å². The minimum atomic E-state index is 0.663. The highest BCUT2D eigenvalue weighted by molar-refractivity contribution is 6.41. The Morgan fingerprint density at radius 1 is 1.00 bits per heavy atom. The van der Waals surface area contributed by atoms with Gasteiger partial charge in [-0.3, -0.25) is 0 Å². The summed E-state index contributed by atoms with van der Waals surface area (Å²) in [5.41, 5.74) is 0. The fraction of sp³-hybridized carbons (Fsp3) is 1.00. The summed E-state index contributed by atoms with van der Waals surface area (Å²) in [5, 5.41) is 0.663. The van der Waals surface area contributed by atoms with Crippen molar-refractivity contribution >= 4 is 7.28 Å². The van der Waals surface area contributed by atoms with E-state index in [0.717, 1.165) is 5.82 Å². The molecule has 1 saturated heterocycles. The topological polar surface area (TPSA) is 0 Å². The first-order valence-corrected chi connectivity index (χ1v) is 8.66. The van der Waals surface area contributed by atoms with Crippen LogP contribution in [0.4, 0.5) is 0 Å². The third kappa shape index (κ3) is 6.85. The van der Waals surface area contributed by atoms with Crippen LogP contribution >= 0.6 is 0 Å². The average molecular weight is 250 g/mol. The fourth-order valence-electron chi connectivity index (χ4n) is 3.83. The van der Waals surface area contributed by atoms with Gasteiger partial charge in [-0.25, -0.2) is 0 Å². The Balaban J connectivity index is 2.31. The molecule has 1 aliphatic heterocycles. The highest BCUT2D eigenvalue weighted by Crippen LogP contribution is 2.42. The predicted molar refractivity (Wildman–Crippen MR) is 86.0 cm³/mol. The van der Waals surface area contributed by atoms with E-state index in [9.17, 15) is 0 Å². The molecular weight excluding hydrogens is 215 g/mol. The van der Waals surface area contributed by atoms with E-state index in [2.05, 4.69) is 20.8 Å². The summed E-state index contributed by atoms with van der Waals surface area (Å²) in [7, 11) is 1.49. The molecule has 0 aromatic rings. The number of hydrogen-bond donors (Lipinski definition) is 0. The summed E-state index contributed by atoms with van der Waals surface area (Å²) in [6.07, 6.45) is 17.6. The van der Waals surface area contributed by atoms with E-state index >= 15 is 0 Å². The number of rotatable bonds is 6.